The number of pyridine rings is 1. The largest absolute Gasteiger partial charge is 0.462 e. The van der Waals surface area contributed by atoms with Crippen molar-refractivity contribution in [2.45, 2.75) is 6.92 Å². The minimum absolute atomic E-state index is 0.182. The molecular weight excluding hydrogens is 401 g/mol. The van der Waals surface area contributed by atoms with Gasteiger partial charge in [-0.15, -0.1) is 0 Å². The van der Waals surface area contributed by atoms with E-state index in [4.69, 9.17) is 9.15 Å². The van der Waals surface area contributed by atoms with E-state index in [1.807, 2.05) is 0 Å². The zero-order valence-corrected chi connectivity index (χ0v) is 17.1. The molecule has 4 rings (SSSR count). The van der Waals surface area contributed by atoms with Crippen LogP contribution in [0.25, 0.3) is 11.3 Å². The Hall–Kier alpha value is -3.68. The highest BCUT2D eigenvalue weighted by Gasteiger charge is 2.25. The first kappa shape index (κ1) is 20.6. The number of anilines is 1. The van der Waals surface area contributed by atoms with Crippen molar-refractivity contribution < 1.29 is 23.1 Å². The summed E-state index contributed by atoms with van der Waals surface area (Å²) >= 11 is 0. The number of hydrogen-bond acceptors (Lipinski definition) is 6. The van der Waals surface area contributed by atoms with E-state index in [1.54, 1.807) is 48.2 Å². The lowest BCUT2D eigenvalue weighted by Crippen LogP contribution is -2.49. The molecule has 0 N–H and O–H groups in total. The maximum absolute atomic E-state index is 13.1. The first-order chi connectivity index (χ1) is 15.0. The van der Waals surface area contributed by atoms with Crippen molar-refractivity contribution >= 4 is 17.7 Å². The number of halogens is 1. The number of amides is 1. The van der Waals surface area contributed by atoms with Gasteiger partial charge in [-0.2, -0.15) is 0 Å². The quantitative estimate of drug-likeness (QED) is 0.584. The molecule has 8 heteroatoms. The summed E-state index contributed by atoms with van der Waals surface area (Å²) in [7, 11) is 0. The third kappa shape index (κ3) is 4.58. The first-order valence-corrected chi connectivity index (χ1v) is 10.1. The molecule has 0 saturated carbocycles. The molecule has 7 nitrogen and oxygen atoms in total. The van der Waals surface area contributed by atoms with Crippen LogP contribution in [0.5, 0.6) is 0 Å². The van der Waals surface area contributed by atoms with Gasteiger partial charge in [0.15, 0.2) is 5.76 Å². The number of ether oxygens (including phenoxy) is 1. The van der Waals surface area contributed by atoms with Gasteiger partial charge in [0.05, 0.1) is 12.2 Å². The van der Waals surface area contributed by atoms with Gasteiger partial charge < -0.3 is 19.0 Å². The molecule has 3 aromatic rings. The number of aromatic nitrogens is 1. The van der Waals surface area contributed by atoms with E-state index in [0.717, 1.165) is 5.82 Å². The number of esters is 1. The second kappa shape index (κ2) is 8.99. The number of benzene rings is 1. The zero-order chi connectivity index (χ0) is 21.8. The molecular formula is C23H22FN3O4. The summed E-state index contributed by atoms with van der Waals surface area (Å²) in [6.07, 6.45) is 1.50. The fraction of sp³-hybridized carbons (Fsp3) is 0.261. The molecule has 0 spiro atoms. The maximum Gasteiger partial charge on any atom is 0.339 e. The van der Waals surface area contributed by atoms with Gasteiger partial charge in [-0.1, -0.05) is 0 Å². The zero-order valence-electron chi connectivity index (χ0n) is 17.1. The van der Waals surface area contributed by atoms with Crippen molar-refractivity contribution in [2.75, 3.05) is 37.7 Å². The van der Waals surface area contributed by atoms with Crippen LogP contribution in [0.3, 0.4) is 0 Å². The molecule has 0 unspecified atom stereocenters. The Kier molecular flexibility index (Phi) is 5.97. The summed E-state index contributed by atoms with van der Waals surface area (Å²) in [6.45, 7) is 4.34. The third-order valence-electron chi connectivity index (χ3n) is 5.10. The molecule has 0 radical (unpaired) electrons. The molecule has 0 atom stereocenters. The van der Waals surface area contributed by atoms with Gasteiger partial charge in [-0.05, 0) is 55.5 Å². The first-order valence-electron chi connectivity index (χ1n) is 10.1. The summed E-state index contributed by atoms with van der Waals surface area (Å²) in [5.74, 6) is 0.623. The average Bonchev–Trinajstić information content (AvgIpc) is 3.30. The van der Waals surface area contributed by atoms with E-state index in [1.165, 1.54) is 18.3 Å². The molecule has 1 aliphatic heterocycles. The monoisotopic (exact) mass is 423 g/mol. The Balaban J connectivity index is 1.36. The highest BCUT2D eigenvalue weighted by molar-refractivity contribution is 5.92. The van der Waals surface area contributed by atoms with Crippen LogP contribution in [0.4, 0.5) is 10.2 Å². The lowest BCUT2D eigenvalue weighted by molar-refractivity contribution is 0.0525. The molecule has 160 valence electrons. The molecule has 1 fully saturated rings. The fourth-order valence-electron chi connectivity index (χ4n) is 3.42. The Labute approximate surface area is 179 Å². The van der Waals surface area contributed by atoms with Gasteiger partial charge in [0.1, 0.15) is 17.4 Å². The van der Waals surface area contributed by atoms with Crippen LogP contribution in [0.15, 0.2) is 59.1 Å². The number of nitrogens with zero attached hydrogens (tertiary/aromatic N) is 3. The van der Waals surface area contributed by atoms with Crippen LogP contribution in [0.1, 0.15) is 27.8 Å². The minimum Gasteiger partial charge on any atom is -0.462 e. The second-order valence-electron chi connectivity index (χ2n) is 7.08. The van der Waals surface area contributed by atoms with Gasteiger partial charge in [0.2, 0.25) is 0 Å². The molecule has 1 aliphatic rings. The molecule has 31 heavy (non-hydrogen) atoms. The SMILES string of the molecule is CCOC(=O)c1ccc(N2CCN(C(=O)c3ccc(-c4ccc(F)cc4)o3)CC2)nc1. The van der Waals surface area contributed by atoms with Crippen LogP contribution in [0, 0.1) is 5.82 Å². The number of rotatable bonds is 5. The normalized spacial score (nSPS) is 13.9. The molecule has 3 heterocycles. The van der Waals surface area contributed by atoms with Gasteiger partial charge in [0.25, 0.3) is 5.91 Å². The van der Waals surface area contributed by atoms with Crippen molar-refractivity contribution in [3.05, 3.63) is 71.9 Å². The van der Waals surface area contributed by atoms with E-state index < -0.39 is 5.97 Å². The Morgan fingerprint density at radius 3 is 2.42 bits per heavy atom. The topological polar surface area (TPSA) is 75.9 Å². The predicted molar refractivity (Wildman–Crippen MR) is 112 cm³/mol. The molecule has 1 aromatic carbocycles. The van der Waals surface area contributed by atoms with E-state index in [2.05, 4.69) is 9.88 Å². The minimum atomic E-state index is -0.393. The van der Waals surface area contributed by atoms with Crippen LogP contribution in [-0.2, 0) is 4.74 Å². The standard InChI is InChI=1S/C23H22FN3O4/c1-2-30-23(29)17-5-10-21(25-15-17)26-11-13-27(14-12-26)22(28)20-9-8-19(31-20)16-3-6-18(24)7-4-16/h3-10,15H,2,11-14H2,1H3. The van der Waals surface area contributed by atoms with Crippen LogP contribution >= 0.6 is 0 Å². The Morgan fingerprint density at radius 2 is 1.77 bits per heavy atom. The predicted octanol–water partition coefficient (Wildman–Crippen LogP) is 3.62. The van der Waals surface area contributed by atoms with Crippen LogP contribution < -0.4 is 4.90 Å². The highest BCUT2D eigenvalue weighted by Crippen LogP contribution is 2.24. The van der Waals surface area contributed by atoms with Crippen molar-refractivity contribution in [3.63, 3.8) is 0 Å². The number of hydrogen-bond donors (Lipinski definition) is 0. The maximum atomic E-state index is 13.1. The summed E-state index contributed by atoms with van der Waals surface area (Å²) < 4.78 is 23.8. The van der Waals surface area contributed by atoms with Gasteiger partial charge in [-0.25, -0.2) is 14.2 Å². The average molecular weight is 423 g/mol. The van der Waals surface area contributed by atoms with Crippen molar-refractivity contribution in [3.8, 4) is 11.3 Å². The lowest BCUT2D eigenvalue weighted by atomic mass is 10.2. The summed E-state index contributed by atoms with van der Waals surface area (Å²) in [5, 5.41) is 0. The highest BCUT2D eigenvalue weighted by atomic mass is 19.1. The van der Waals surface area contributed by atoms with E-state index >= 15 is 0 Å². The van der Waals surface area contributed by atoms with E-state index in [9.17, 15) is 14.0 Å². The number of carbonyl (C=O) groups excluding carboxylic acids is 2. The number of carbonyl (C=O) groups is 2. The van der Waals surface area contributed by atoms with E-state index in [-0.39, 0.29) is 17.5 Å². The van der Waals surface area contributed by atoms with Gasteiger partial charge in [-0.3, -0.25) is 4.79 Å². The fourth-order valence-corrected chi connectivity index (χ4v) is 3.42. The second-order valence-corrected chi connectivity index (χ2v) is 7.08. The smallest absolute Gasteiger partial charge is 0.339 e. The molecule has 2 aromatic heterocycles. The number of piperazine rings is 1. The van der Waals surface area contributed by atoms with Crippen molar-refractivity contribution in [1.29, 1.82) is 0 Å². The summed E-state index contributed by atoms with van der Waals surface area (Å²) in [5.41, 5.74) is 1.12. The summed E-state index contributed by atoms with van der Waals surface area (Å²) in [4.78, 5) is 32.7. The molecule has 1 saturated heterocycles. The Morgan fingerprint density at radius 1 is 1.03 bits per heavy atom. The summed E-state index contributed by atoms with van der Waals surface area (Å²) in [6, 6.07) is 12.8. The van der Waals surface area contributed by atoms with Crippen molar-refractivity contribution in [1.82, 2.24) is 9.88 Å². The van der Waals surface area contributed by atoms with Crippen LogP contribution in [-0.4, -0.2) is 54.5 Å². The van der Waals surface area contributed by atoms with Crippen molar-refractivity contribution in [2.24, 2.45) is 0 Å². The lowest BCUT2D eigenvalue weighted by Gasteiger charge is -2.35. The van der Waals surface area contributed by atoms with Gasteiger partial charge >= 0.3 is 5.97 Å². The van der Waals surface area contributed by atoms with E-state index in [0.29, 0.717) is 49.7 Å². The molecule has 0 bridgehead atoms. The van der Waals surface area contributed by atoms with Crippen LogP contribution in [0.2, 0.25) is 0 Å². The Bertz CT molecular complexity index is 1060. The molecule has 1 amide bonds. The molecule has 0 aliphatic carbocycles. The van der Waals surface area contributed by atoms with Gasteiger partial charge in [0, 0.05) is 37.9 Å². The third-order valence-corrected chi connectivity index (χ3v) is 5.10. The number of furan rings is 1.